The van der Waals surface area contributed by atoms with Crippen molar-refractivity contribution in [2.24, 2.45) is 0 Å². The fraction of sp³-hybridized carbons (Fsp3) is 0.333. The van der Waals surface area contributed by atoms with Crippen molar-refractivity contribution in [3.63, 3.8) is 0 Å². The number of hydrogen-bond acceptors (Lipinski definition) is 0. The van der Waals surface area contributed by atoms with Gasteiger partial charge in [0.05, 0.1) is 0 Å². The third-order valence-electron chi connectivity index (χ3n) is 0.607. The van der Waals surface area contributed by atoms with Gasteiger partial charge in [-0.05, 0) is 0 Å². The van der Waals surface area contributed by atoms with Gasteiger partial charge >= 0.3 is 0 Å². The van der Waals surface area contributed by atoms with E-state index in [9.17, 15) is 0 Å². The smallest absolute Gasteiger partial charge is 0.0590 e. The van der Waals surface area contributed by atoms with Crippen molar-refractivity contribution < 1.29 is 0 Å². The first-order valence-corrected chi connectivity index (χ1v) is 3.32. The summed E-state index contributed by atoms with van der Waals surface area (Å²) in [5.74, 6) is 0. The second kappa shape index (κ2) is 7.22. The van der Waals surface area contributed by atoms with E-state index in [-0.39, 0.29) is 0 Å². The fourth-order valence-corrected chi connectivity index (χ4v) is 0.342. The minimum Gasteiger partial charge on any atom is -0.184 e. The molecular weight excluding hydrogens is 108 g/mol. The maximum Gasteiger partial charge on any atom is -0.0590 e. The lowest BCUT2D eigenvalue weighted by Crippen LogP contribution is -1.49. The lowest BCUT2D eigenvalue weighted by atomic mass is 10.4. The van der Waals surface area contributed by atoms with Crippen molar-refractivity contribution in [2.45, 2.75) is 20.3 Å². The summed E-state index contributed by atoms with van der Waals surface area (Å²) in [5.41, 5.74) is 0. The van der Waals surface area contributed by atoms with Gasteiger partial charge in [-0.25, -0.2) is 0 Å². The minimum atomic E-state index is 1.25. The van der Waals surface area contributed by atoms with Gasteiger partial charge < -0.3 is 0 Å². The molecule has 0 bridgehead atoms. The molecule has 0 amide bonds. The first-order chi connectivity index (χ1) is 4.41. The summed E-state index contributed by atoms with van der Waals surface area (Å²) in [6, 6.07) is 12.5. The molecule has 0 nitrogen and oxygen atoms in total. The highest BCUT2D eigenvalue weighted by molar-refractivity contribution is 4.97. The van der Waals surface area contributed by atoms with E-state index in [0.29, 0.717) is 0 Å². The summed E-state index contributed by atoms with van der Waals surface area (Å²) in [5, 5.41) is 0. The van der Waals surface area contributed by atoms with Crippen molar-refractivity contribution in [2.75, 3.05) is 0 Å². The molecule has 0 unspecified atom stereocenters. The van der Waals surface area contributed by atoms with Crippen molar-refractivity contribution in [1.29, 1.82) is 0 Å². The number of hydrogen-bond donors (Lipinski definition) is 0. The quantitative estimate of drug-likeness (QED) is 0.463. The van der Waals surface area contributed by atoms with Crippen LogP contribution in [-0.4, -0.2) is 0 Å². The van der Waals surface area contributed by atoms with Crippen LogP contribution in [0.15, 0.2) is 30.3 Å². The van der Waals surface area contributed by atoms with Crippen molar-refractivity contribution in [1.82, 2.24) is 0 Å². The standard InChI is InChI=1S/C6H5.C3H8/c1-2-4-6-5-3-1;1-3-2/h1-5H;3H2,1-2H3/q-1;. The lowest BCUT2D eigenvalue weighted by Gasteiger charge is -1.81. The van der Waals surface area contributed by atoms with E-state index in [1.807, 2.05) is 30.3 Å². The molecule has 0 aliphatic heterocycles. The summed E-state index contributed by atoms with van der Waals surface area (Å²) in [6.45, 7) is 4.25. The molecule has 50 valence electrons. The van der Waals surface area contributed by atoms with Gasteiger partial charge in [-0.3, -0.25) is 0 Å². The van der Waals surface area contributed by atoms with Crippen molar-refractivity contribution >= 4 is 0 Å². The monoisotopic (exact) mass is 121 g/mol. The van der Waals surface area contributed by atoms with Gasteiger partial charge in [0.1, 0.15) is 0 Å². The van der Waals surface area contributed by atoms with E-state index in [0.717, 1.165) is 0 Å². The zero-order valence-corrected chi connectivity index (χ0v) is 6.09. The molecule has 0 saturated heterocycles. The SMILES string of the molecule is CCC.[c-]1ccccc1. The van der Waals surface area contributed by atoms with Crippen LogP contribution in [0.2, 0.25) is 0 Å². The highest BCUT2D eigenvalue weighted by atomic mass is 13.6. The van der Waals surface area contributed by atoms with Crippen LogP contribution in [0.1, 0.15) is 20.3 Å². The van der Waals surface area contributed by atoms with E-state index < -0.39 is 0 Å². The Morgan fingerprint density at radius 3 is 1.56 bits per heavy atom. The molecule has 0 saturated carbocycles. The Kier molecular flexibility index (Phi) is 6.59. The van der Waals surface area contributed by atoms with E-state index in [1.165, 1.54) is 6.42 Å². The average molecular weight is 121 g/mol. The van der Waals surface area contributed by atoms with Crippen molar-refractivity contribution in [3.8, 4) is 0 Å². The van der Waals surface area contributed by atoms with Crippen LogP contribution < -0.4 is 0 Å². The molecule has 0 aromatic heterocycles. The molecule has 1 aromatic rings. The second-order valence-corrected chi connectivity index (χ2v) is 1.78. The normalized spacial score (nSPS) is 7.33. The van der Waals surface area contributed by atoms with Crippen LogP contribution in [0.25, 0.3) is 0 Å². The Labute approximate surface area is 57.5 Å². The van der Waals surface area contributed by atoms with Gasteiger partial charge in [-0.2, -0.15) is 36.4 Å². The zero-order valence-electron chi connectivity index (χ0n) is 6.09. The lowest BCUT2D eigenvalue weighted by molar-refractivity contribution is 1.09. The van der Waals surface area contributed by atoms with Gasteiger partial charge in [0.15, 0.2) is 0 Å². The molecule has 0 N–H and O–H groups in total. The molecule has 0 spiro atoms. The number of benzene rings is 1. The highest BCUT2D eigenvalue weighted by Gasteiger charge is 1.46. The molecular formula is C9H13-. The zero-order chi connectivity index (χ0) is 6.95. The Bertz CT molecular complexity index is 82.9. The molecule has 0 heterocycles. The molecule has 0 radical (unpaired) electrons. The predicted octanol–water partition coefficient (Wildman–Crippen LogP) is 2.90. The summed E-state index contributed by atoms with van der Waals surface area (Å²) < 4.78 is 0. The van der Waals surface area contributed by atoms with Crippen LogP contribution in [0, 0.1) is 6.07 Å². The molecule has 1 rings (SSSR count). The summed E-state index contributed by atoms with van der Waals surface area (Å²) in [6.07, 6.45) is 1.25. The largest absolute Gasteiger partial charge is 0.184 e. The van der Waals surface area contributed by atoms with Gasteiger partial charge in [-0.1, -0.05) is 20.3 Å². The predicted molar refractivity (Wildman–Crippen MR) is 41.2 cm³/mol. The van der Waals surface area contributed by atoms with Crippen LogP contribution in [-0.2, 0) is 0 Å². The first kappa shape index (κ1) is 8.22. The van der Waals surface area contributed by atoms with Gasteiger partial charge in [0.2, 0.25) is 0 Å². The van der Waals surface area contributed by atoms with Gasteiger partial charge in [0, 0.05) is 0 Å². The third-order valence-corrected chi connectivity index (χ3v) is 0.607. The van der Waals surface area contributed by atoms with E-state index in [2.05, 4.69) is 19.9 Å². The van der Waals surface area contributed by atoms with E-state index in [4.69, 9.17) is 0 Å². The van der Waals surface area contributed by atoms with Crippen LogP contribution in [0.3, 0.4) is 0 Å². The molecule has 9 heavy (non-hydrogen) atoms. The third kappa shape index (κ3) is 7.22. The van der Waals surface area contributed by atoms with Crippen LogP contribution in [0.5, 0.6) is 0 Å². The first-order valence-electron chi connectivity index (χ1n) is 3.32. The van der Waals surface area contributed by atoms with Crippen molar-refractivity contribution in [3.05, 3.63) is 36.4 Å². The maximum atomic E-state index is 2.89. The van der Waals surface area contributed by atoms with Crippen LogP contribution >= 0.6 is 0 Å². The Hall–Kier alpha value is -0.780. The summed E-state index contributed by atoms with van der Waals surface area (Å²) in [7, 11) is 0. The summed E-state index contributed by atoms with van der Waals surface area (Å²) in [4.78, 5) is 0. The fourth-order valence-electron chi connectivity index (χ4n) is 0.342. The Morgan fingerprint density at radius 2 is 1.44 bits per heavy atom. The molecule has 0 fully saturated rings. The maximum absolute atomic E-state index is 2.89. The van der Waals surface area contributed by atoms with Crippen LogP contribution in [0.4, 0.5) is 0 Å². The Balaban J connectivity index is 0.000000187. The van der Waals surface area contributed by atoms with Gasteiger partial charge in [0.25, 0.3) is 0 Å². The Morgan fingerprint density at radius 1 is 1.00 bits per heavy atom. The highest BCUT2D eigenvalue weighted by Crippen LogP contribution is 1.78. The molecule has 1 aromatic carbocycles. The molecule has 0 aliphatic rings. The van der Waals surface area contributed by atoms with E-state index >= 15 is 0 Å². The molecule has 0 atom stereocenters. The minimum absolute atomic E-state index is 1.25. The summed E-state index contributed by atoms with van der Waals surface area (Å²) >= 11 is 0. The molecule has 0 heteroatoms. The average Bonchev–Trinajstić information content (AvgIpc) is 1.93. The number of rotatable bonds is 0. The van der Waals surface area contributed by atoms with E-state index in [1.54, 1.807) is 0 Å². The van der Waals surface area contributed by atoms with Gasteiger partial charge in [-0.15, -0.1) is 0 Å². The topological polar surface area (TPSA) is 0 Å². The second-order valence-electron chi connectivity index (χ2n) is 1.78. The molecule has 0 aliphatic carbocycles.